The van der Waals surface area contributed by atoms with E-state index in [2.05, 4.69) is 43.2 Å². The van der Waals surface area contributed by atoms with Gasteiger partial charge in [0.25, 0.3) is 0 Å². The maximum Gasteiger partial charge on any atom is 0.222 e. The Hall–Kier alpha value is -0.430. The summed E-state index contributed by atoms with van der Waals surface area (Å²) in [5, 5.41) is 6.67. The van der Waals surface area contributed by atoms with E-state index in [1.807, 2.05) is 12.4 Å². The summed E-state index contributed by atoms with van der Waals surface area (Å²) in [6, 6.07) is 0. The molecular weight excluding hydrogens is 303 g/mol. The van der Waals surface area contributed by atoms with Crippen LogP contribution < -0.4 is 10.6 Å². The van der Waals surface area contributed by atoms with E-state index in [0.717, 1.165) is 29.2 Å². The van der Waals surface area contributed by atoms with Crippen LogP contribution in [0.15, 0.2) is 12.4 Å². The van der Waals surface area contributed by atoms with Crippen LogP contribution in [0.1, 0.15) is 12.8 Å². The van der Waals surface area contributed by atoms with Gasteiger partial charge in [-0.15, -0.1) is 0 Å². The minimum atomic E-state index is 0.710. The van der Waals surface area contributed by atoms with Gasteiger partial charge in [-0.3, -0.25) is 0 Å². The molecule has 2 rings (SSSR count). The van der Waals surface area contributed by atoms with Crippen molar-refractivity contribution in [1.82, 2.24) is 15.3 Å². The van der Waals surface area contributed by atoms with Gasteiger partial charge in [-0.05, 0) is 54.4 Å². The molecule has 1 aromatic rings. The highest BCUT2D eigenvalue weighted by Crippen LogP contribution is 2.10. The van der Waals surface area contributed by atoms with E-state index in [1.165, 1.54) is 12.8 Å². The fourth-order valence-corrected chi connectivity index (χ4v) is 2.02. The number of rotatable bonds is 3. The highest BCUT2D eigenvalue weighted by molar-refractivity contribution is 14.1. The second kappa shape index (κ2) is 5.60. The van der Waals surface area contributed by atoms with Gasteiger partial charge in [-0.25, -0.2) is 9.97 Å². The molecule has 1 aliphatic rings. The fourth-order valence-electron chi connectivity index (χ4n) is 1.74. The van der Waals surface area contributed by atoms with E-state index >= 15 is 0 Å². The van der Waals surface area contributed by atoms with E-state index < -0.39 is 0 Å². The maximum absolute atomic E-state index is 4.21. The number of hydrogen-bond donors (Lipinski definition) is 2. The lowest BCUT2D eigenvalue weighted by molar-refractivity contribution is 0.392. The first-order valence-electron chi connectivity index (χ1n) is 5.27. The monoisotopic (exact) mass is 318 g/mol. The molecule has 5 heteroatoms. The van der Waals surface area contributed by atoms with Gasteiger partial charge in [0, 0.05) is 22.5 Å². The molecule has 0 amide bonds. The summed E-state index contributed by atoms with van der Waals surface area (Å²) < 4.78 is 1.07. The maximum atomic E-state index is 4.21. The third kappa shape index (κ3) is 3.57. The van der Waals surface area contributed by atoms with Crippen LogP contribution in [0.2, 0.25) is 0 Å². The molecule has 1 saturated heterocycles. The van der Waals surface area contributed by atoms with Gasteiger partial charge in [-0.2, -0.15) is 0 Å². The third-order valence-electron chi connectivity index (χ3n) is 2.57. The van der Waals surface area contributed by atoms with E-state index in [9.17, 15) is 0 Å². The Kier molecular flexibility index (Phi) is 4.13. The zero-order chi connectivity index (χ0) is 10.5. The topological polar surface area (TPSA) is 49.8 Å². The van der Waals surface area contributed by atoms with Crippen LogP contribution in [0.25, 0.3) is 0 Å². The van der Waals surface area contributed by atoms with Crippen LogP contribution >= 0.6 is 22.6 Å². The van der Waals surface area contributed by atoms with Crippen LogP contribution in [0.5, 0.6) is 0 Å². The number of nitrogens with zero attached hydrogens (tertiary/aromatic N) is 2. The van der Waals surface area contributed by atoms with Crippen molar-refractivity contribution >= 4 is 28.5 Å². The zero-order valence-electron chi connectivity index (χ0n) is 8.54. The number of piperidine rings is 1. The van der Waals surface area contributed by atoms with Crippen molar-refractivity contribution in [2.75, 3.05) is 25.0 Å². The molecule has 1 fully saturated rings. The van der Waals surface area contributed by atoms with Crippen molar-refractivity contribution < 1.29 is 0 Å². The summed E-state index contributed by atoms with van der Waals surface area (Å²) in [5.74, 6) is 1.45. The Labute approximate surface area is 103 Å². The molecule has 1 aliphatic heterocycles. The predicted octanol–water partition coefficient (Wildman–Crippen LogP) is 1.49. The minimum absolute atomic E-state index is 0.710. The van der Waals surface area contributed by atoms with Gasteiger partial charge in [0.1, 0.15) is 0 Å². The lowest BCUT2D eigenvalue weighted by atomic mass is 10.00. The first kappa shape index (κ1) is 11.1. The Balaban J connectivity index is 1.79. The number of aromatic nitrogens is 2. The SMILES string of the molecule is Ic1cnc(NCC2CCCNC2)nc1. The summed E-state index contributed by atoms with van der Waals surface area (Å²) in [7, 11) is 0. The Morgan fingerprint density at radius 2 is 2.27 bits per heavy atom. The molecule has 15 heavy (non-hydrogen) atoms. The second-order valence-corrected chi connectivity index (χ2v) is 5.06. The van der Waals surface area contributed by atoms with E-state index in [-0.39, 0.29) is 0 Å². The molecule has 2 heterocycles. The summed E-state index contributed by atoms with van der Waals surface area (Å²) in [5.41, 5.74) is 0. The van der Waals surface area contributed by atoms with Crippen LogP contribution in [-0.2, 0) is 0 Å². The summed E-state index contributed by atoms with van der Waals surface area (Å²) >= 11 is 2.21. The van der Waals surface area contributed by atoms with Crippen molar-refractivity contribution in [2.24, 2.45) is 5.92 Å². The standard InChI is InChI=1S/C10H15IN4/c11-9-6-14-10(15-7-9)13-5-8-2-1-3-12-4-8/h6-8,12H,1-5H2,(H,13,14,15). The molecule has 1 unspecified atom stereocenters. The summed E-state index contributed by atoms with van der Waals surface area (Å²) in [6.07, 6.45) is 6.23. The zero-order valence-corrected chi connectivity index (χ0v) is 10.7. The number of halogens is 1. The van der Waals surface area contributed by atoms with E-state index in [0.29, 0.717) is 5.92 Å². The van der Waals surface area contributed by atoms with E-state index in [1.54, 1.807) is 0 Å². The first-order chi connectivity index (χ1) is 7.34. The van der Waals surface area contributed by atoms with E-state index in [4.69, 9.17) is 0 Å². The highest BCUT2D eigenvalue weighted by Gasteiger charge is 2.12. The average molecular weight is 318 g/mol. The molecule has 4 nitrogen and oxygen atoms in total. The van der Waals surface area contributed by atoms with Crippen molar-refractivity contribution in [1.29, 1.82) is 0 Å². The van der Waals surface area contributed by atoms with Gasteiger partial charge in [0.15, 0.2) is 0 Å². The molecule has 82 valence electrons. The lowest BCUT2D eigenvalue weighted by Crippen LogP contribution is -2.33. The second-order valence-electron chi connectivity index (χ2n) is 3.82. The van der Waals surface area contributed by atoms with Crippen molar-refractivity contribution in [3.8, 4) is 0 Å². The lowest BCUT2D eigenvalue weighted by Gasteiger charge is -2.22. The molecule has 0 radical (unpaired) electrons. The molecule has 2 N–H and O–H groups in total. The molecule has 1 atom stereocenters. The predicted molar refractivity (Wildman–Crippen MR) is 68.8 cm³/mol. The Morgan fingerprint density at radius 3 is 2.93 bits per heavy atom. The summed E-state index contributed by atoms with van der Waals surface area (Å²) in [6.45, 7) is 3.24. The first-order valence-corrected chi connectivity index (χ1v) is 6.34. The number of nitrogens with one attached hydrogen (secondary N) is 2. The molecule has 0 saturated carbocycles. The number of hydrogen-bond acceptors (Lipinski definition) is 4. The largest absolute Gasteiger partial charge is 0.354 e. The van der Waals surface area contributed by atoms with Gasteiger partial charge in [0.05, 0.1) is 0 Å². The molecule has 0 spiro atoms. The molecule has 0 aliphatic carbocycles. The fraction of sp³-hybridized carbons (Fsp3) is 0.600. The quantitative estimate of drug-likeness (QED) is 0.829. The molecule has 0 aromatic carbocycles. The Morgan fingerprint density at radius 1 is 1.47 bits per heavy atom. The van der Waals surface area contributed by atoms with Gasteiger partial charge >= 0.3 is 0 Å². The van der Waals surface area contributed by atoms with Gasteiger partial charge < -0.3 is 10.6 Å². The normalized spacial score (nSPS) is 21.3. The third-order valence-corrected chi connectivity index (χ3v) is 3.13. The molecular formula is C10H15IN4. The highest BCUT2D eigenvalue weighted by atomic mass is 127. The van der Waals surface area contributed by atoms with Crippen LogP contribution in [-0.4, -0.2) is 29.6 Å². The van der Waals surface area contributed by atoms with Crippen LogP contribution in [0.3, 0.4) is 0 Å². The van der Waals surface area contributed by atoms with Gasteiger partial charge in [-0.1, -0.05) is 0 Å². The smallest absolute Gasteiger partial charge is 0.222 e. The van der Waals surface area contributed by atoms with Crippen LogP contribution in [0, 0.1) is 9.49 Å². The van der Waals surface area contributed by atoms with Crippen molar-refractivity contribution in [3.05, 3.63) is 16.0 Å². The molecule has 1 aromatic heterocycles. The van der Waals surface area contributed by atoms with Gasteiger partial charge in [0.2, 0.25) is 5.95 Å². The van der Waals surface area contributed by atoms with Crippen LogP contribution in [0.4, 0.5) is 5.95 Å². The summed E-state index contributed by atoms with van der Waals surface area (Å²) in [4.78, 5) is 8.43. The average Bonchev–Trinajstić information content (AvgIpc) is 2.30. The van der Waals surface area contributed by atoms with Crippen molar-refractivity contribution in [3.63, 3.8) is 0 Å². The number of anilines is 1. The van der Waals surface area contributed by atoms with Crippen molar-refractivity contribution in [2.45, 2.75) is 12.8 Å². The minimum Gasteiger partial charge on any atom is -0.354 e. The Bertz CT molecular complexity index is 295. The molecule has 0 bridgehead atoms.